The van der Waals surface area contributed by atoms with Crippen LogP contribution >= 0.6 is 0 Å². The maximum absolute atomic E-state index is 11.9. The summed E-state index contributed by atoms with van der Waals surface area (Å²) in [7, 11) is 2.44. The van der Waals surface area contributed by atoms with E-state index in [9.17, 15) is 9.59 Å². The first-order valence-corrected chi connectivity index (χ1v) is 8.67. The largest absolute Gasteiger partial charge is 0.466 e. The van der Waals surface area contributed by atoms with Crippen LogP contribution < -0.4 is 5.32 Å². The highest BCUT2D eigenvalue weighted by atomic mass is 16.5. The minimum atomic E-state index is -0.708. The molecule has 3 aromatic rings. The Balaban J connectivity index is 1.88. The van der Waals surface area contributed by atoms with E-state index in [4.69, 9.17) is 4.52 Å². The third kappa shape index (κ3) is 4.67. The number of carbonyl (C=O) groups excluding carboxylic acids is 2. The van der Waals surface area contributed by atoms with Crippen molar-refractivity contribution in [3.05, 3.63) is 65.9 Å². The molecule has 0 saturated heterocycles. The third-order valence-electron chi connectivity index (χ3n) is 4.07. The molecule has 0 unspecified atom stereocenters. The lowest BCUT2D eigenvalue weighted by Crippen LogP contribution is -2.15. The number of nitrogens with one attached hydrogen (secondary N) is 1. The second kappa shape index (κ2) is 8.83. The average Bonchev–Trinajstić information content (AvgIpc) is 3.23. The average molecular weight is 393 g/mol. The zero-order chi connectivity index (χ0) is 20.8. The smallest absolute Gasteiger partial charge is 0.354 e. The van der Waals surface area contributed by atoms with Crippen molar-refractivity contribution >= 4 is 17.6 Å². The van der Waals surface area contributed by atoms with E-state index in [1.807, 2.05) is 31.2 Å². The summed E-state index contributed by atoms with van der Waals surface area (Å²) in [6.45, 7) is 1.97. The molecule has 0 atom stereocenters. The second-order valence-electron chi connectivity index (χ2n) is 6.02. The Bertz CT molecular complexity index is 1070. The molecule has 0 bridgehead atoms. The highest BCUT2D eigenvalue weighted by Crippen LogP contribution is 2.26. The topological polar surface area (TPSA) is 104 Å². The molecule has 0 saturated carbocycles. The number of esters is 2. The molecule has 0 fully saturated rings. The summed E-state index contributed by atoms with van der Waals surface area (Å²) >= 11 is 0. The first-order valence-electron chi connectivity index (χ1n) is 8.67. The SMILES string of the molecule is COC(=O)/C=C(/Nc1cccc(-c2nc(-c3ccccc3C)no2)c1)C(=O)OC. The fourth-order valence-electron chi connectivity index (χ4n) is 2.59. The molecular formula is C21H19N3O5. The summed E-state index contributed by atoms with van der Waals surface area (Å²) in [6.07, 6.45) is 1.02. The van der Waals surface area contributed by atoms with E-state index in [0.29, 0.717) is 23.0 Å². The number of benzene rings is 2. The van der Waals surface area contributed by atoms with Gasteiger partial charge in [-0.3, -0.25) is 0 Å². The molecular weight excluding hydrogens is 374 g/mol. The predicted octanol–water partition coefficient (Wildman–Crippen LogP) is 3.35. The van der Waals surface area contributed by atoms with Crippen molar-refractivity contribution in [3.63, 3.8) is 0 Å². The van der Waals surface area contributed by atoms with Gasteiger partial charge in [-0.2, -0.15) is 4.98 Å². The molecule has 29 heavy (non-hydrogen) atoms. The van der Waals surface area contributed by atoms with E-state index >= 15 is 0 Å². The monoisotopic (exact) mass is 393 g/mol. The lowest BCUT2D eigenvalue weighted by Gasteiger charge is -2.09. The molecule has 148 valence electrons. The minimum absolute atomic E-state index is 0.0670. The molecule has 0 aliphatic carbocycles. The van der Waals surface area contributed by atoms with Gasteiger partial charge < -0.3 is 19.3 Å². The molecule has 1 aromatic heterocycles. The van der Waals surface area contributed by atoms with Crippen LogP contribution in [-0.2, 0) is 19.1 Å². The van der Waals surface area contributed by atoms with Crippen LogP contribution in [0.2, 0.25) is 0 Å². The van der Waals surface area contributed by atoms with Crippen LogP contribution in [0.4, 0.5) is 5.69 Å². The van der Waals surface area contributed by atoms with Gasteiger partial charge in [0.25, 0.3) is 5.89 Å². The number of rotatable bonds is 6. The van der Waals surface area contributed by atoms with Crippen LogP contribution in [0.15, 0.2) is 64.8 Å². The van der Waals surface area contributed by atoms with Gasteiger partial charge in [0.15, 0.2) is 0 Å². The van der Waals surface area contributed by atoms with Gasteiger partial charge in [0.2, 0.25) is 5.82 Å². The molecule has 1 N–H and O–H groups in total. The lowest BCUT2D eigenvalue weighted by molar-refractivity contribution is -0.138. The second-order valence-corrected chi connectivity index (χ2v) is 6.02. The van der Waals surface area contributed by atoms with E-state index in [2.05, 4.69) is 24.9 Å². The summed E-state index contributed by atoms with van der Waals surface area (Å²) in [6, 6.07) is 14.7. The first-order chi connectivity index (χ1) is 14.0. The standard InChI is InChI=1S/C21H19N3O5/c1-13-7-4-5-10-16(13)19-23-20(29-24-19)14-8-6-9-15(11-14)22-17(21(26)28-3)12-18(25)27-2/h4-12,22H,1-3H3/b17-12+. The van der Waals surface area contributed by atoms with Gasteiger partial charge in [-0.15, -0.1) is 0 Å². The quantitative estimate of drug-likeness (QED) is 0.502. The fraction of sp³-hybridized carbons (Fsp3) is 0.143. The number of ether oxygens (including phenoxy) is 2. The van der Waals surface area contributed by atoms with Gasteiger partial charge in [0.1, 0.15) is 5.70 Å². The van der Waals surface area contributed by atoms with Crippen molar-refractivity contribution in [3.8, 4) is 22.8 Å². The first kappa shape index (κ1) is 19.8. The summed E-state index contributed by atoms with van der Waals surface area (Å²) in [5.74, 6) is -0.588. The van der Waals surface area contributed by atoms with Gasteiger partial charge in [0, 0.05) is 16.8 Å². The Kier molecular flexibility index (Phi) is 6.03. The molecule has 3 rings (SSSR count). The number of aromatic nitrogens is 2. The van der Waals surface area contributed by atoms with Gasteiger partial charge in [-0.05, 0) is 30.7 Å². The maximum atomic E-state index is 11.9. The molecule has 8 nitrogen and oxygen atoms in total. The zero-order valence-electron chi connectivity index (χ0n) is 16.1. The molecule has 1 heterocycles. The van der Waals surface area contributed by atoms with Crippen molar-refractivity contribution in [2.24, 2.45) is 0 Å². The molecule has 0 aliphatic rings. The van der Waals surface area contributed by atoms with Crippen LogP contribution in [-0.4, -0.2) is 36.3 Å². The predicted molar refractivity (Wildman–Crippen MR) is 106 cm³/mol. The van der Waals surface area contributed by atoms with E-state index in [-0.39, 0.29) is 5.70 Å². The van der Waals surface area contributed by atoms with Crippen molar-refractivity contribution < 1.29 is 23.6 Å². The van der Waals surface area contributed by atoms with Crippen molar-refractivity contribution in [1.29, 1.82) is 0 Å². The van der Waals surface area contributed by atoms with E-state index in [0.717, 1.165) is 17.2 Å². The van der Waals surface area contributed by atoms with Crippen molar-refractivity contribution in [1.82, 2.24) is 10.1 Å². The van der Waals surface area contributed by atoms with Crippen LogP contribution in [0.5, 0.6) is 0 Å². The van der Waals surface area contributed by atoms with Crippen LogP contribution in [0, 0.1) is 6.92 Å². The molecule has 0 amide bonds. The Morgan fingerprint density at radius 1 is 1.07 bits per heavy atom. The summed E-state index contributed by atoms with van der Waals surface area (Å²) < 4.78 is 14.7. The van der Waals surface area contributed by atoms with Gasteiger partial charge in [-0.1, -0.05) is 35.5 Å². The number of anilines is 1. The van der Waals surface area contributed by atoms with E-state index in [1.54, 1.807) is 24.3 Å². The maximum Gasteiger partial charge on any atom is 0.354 e. The van der Waals surface area contributed by atoms with Gasteiger partial charge in [0.05, 0.1) is 20.3 Å². The normalized spacial score (nSPS) is 11.1. The summed E-state index contributed by atoms with van der Waals surface area (Å²) in [5, 5.41) is 6.90. The highest BCUT2D eigenvalue weighted by molar-refractivity contribution is 5.98. The number of hydrogen-bond acceptors (Lipinski definition) is 8. The number of aryl methyl sites for hydroxylation is 1. The number of nitrogens with zero attached hydrogens (tertiary/aromatic N) is 2. The minimum Gasteiger partial charge on any atom is -0.466 e. The molecule has 2 aromatic carbocycles. The number of methoxy groups -OCH3 is 2. The highest BCUT2D eigenvalue weighted by Gasteiger charge is 2.15. The Hall–Kier alpha value is -3.94. The van der Waals surface area contributed by atoms with Crippen LogP contribution in [0.25, 0.3) is 22.8 Å². The fourth-order valence-corrected chi connectivity index (χ4v) is 2.59. The molecule has 0 aliphatic heterocycles. The number of carbonyl (C=O) groups is 2. The molecule has 0 spiro atoms. The zero-order valence-corrected chi connectivity index (χ0v) is 16.1. The Morgan fingerprint density at radius 2 is 1.86 bits per heavy atom. The number of hydrogen-bond donors (Lipinski definition) is 1. The third-order valence-corrected chi connectivity index (χ3v) is 4.07. The van der Waals surface area contributed by atoms with Crippen LogP contribution in [0.1, 0.15) is 5.56 Å². The molecule has 0 radical (unpaired) electrons. The summed E-state index contributed by atoms with van der Waals surface area (Å²) in [5.41, 5.74) is 3.02. The van der Waals surface area contributed by atoms with E-state index < -0.39 is 11.9 Å². The van der Waals surface area contributed by atoms with Gasteiger partial charge in [-0.25, -0.2) is 9.59 Å². The van der Waals surface area contributed by atoms with Crippen molar-refractivity contribution in [2.45, 2.75) is 6.92 Å². The summed E-state index contributed by atoms with van der Waals surface area (Å²) in [4.78, 5) is 27.9. The molecule has 8 heteroatoms. The van der Waals surface area contributed by atoms with Crippen molar-refractivity contribution in [2.75, 3.05) is 19.5 Å². The lowest BCUT2D eigenvalue weighted by atomic mass is 10.1. The van der Waals surface area contributed by atoms with E-state index in [1.165, 1.54) is 14.2 Å². The Labute approximate surface area is 167 Å². The van der Waals surface area contributed by atoms with Gasteiger partial charge >= 0.3 is 11.9 Å². The Morgan fingerprint density at radius 3 is 2.59 bits per heavy atom. The van der Waals surface area contributed by atoms with Crippen LogP contribution in [0.3, 0.4) is 0 Å².